The highest BCUT2D eigenvalue weighted by Gasteiger charge is 2.12. The first-order chi connectivity index (χ1) is 8.19. The third-order valence-electron chi connectivity index (χ3n) is 2.58. The van der Waals surface area contributed by atoms with Crippen LogP contribution in [-0.4, -0.2) is 25.5 Å². The van der Waals surface area contributed by atoms with Gasteiger partial charge in [-0.25, -0.2) is 0 Å². The molecule has 1 amide bonds. The Balaban J connectivity index is 0.00000289. The fourth-order valence-electron chi connectivity index (χ4n) is 1.64. The van der Waals surface area contributed by atoms with Gasteiger partial charge in [-0.1, -0.05) is 13.8 Å². The summed E-state index contributed by atoms with van der Waals surface area (Å²) < 4.78 is 5.47. The van der Waals surface area contributed by atoms with E-state index in [2.05, 4.69) is 17.6 Å². The number of nitrogens with one attached hydrogen (secondary N) is 2. The molecule has 2 N–H and O–H groups in total. The molecule has 0 saturated carbocycles. The molecule has 0 fully saturated rings. The van der Waals surface area contributed by atoms with Gasteiger partial charge >= 0.3 is 0 Å². The highest BCUT2D eigenvalue weighted by molar-refractivity contribution is 5.91. The molecule has 4 nitrogen and oxygen atoms in total. The average Bonchev–Trinajstić information content (AvgIpc) is 2.70. The minimum Gasteiger partial charge on any atom is -0.456 e. The lowest BCUT2D eigenvalue weighted by atomic mass is 10.2. The van der Waals surface area contributed by atoms with Crippen molar-refractivity contribution in [3.05, 3.63) is 23.2 Å². The molecule has 0 spiro atoms. The largest absolute Gasteiger partial charge is 0.456 e. The van der Waals surface area contributed by atoms with E-state index in [0.717, 1.165) is 37.3 Å². The number of aryl methyl sites for hydroxylation is 2. The van der Waals surface area contributed by atoms with Crippen LogP contribution in [0.4, 0.5) is 0 Å². The molecule has 1 aromatic heterocycles. The molecule has 0 bridgehead atoms. The second-order valence-electron chi connectivity index (χ2n) is 4.08. The molecule has 1 aromatic rings. The predicted octanol–water partition coefficient (Wildman–Crippen LogP) is 2.30. The summed E-state index contributed by atoms with van der Waals surface area (Å²) in [6, 6.07) is 1.80. The number of hydrogen-bond donors (Lipinski definition) is 2. The van der Waals surface area contributed by atoms with E-state index in [1.807, 2.05) is 13.8 Å². The Morgan fingerprint density at radius 1 is 1.28 bits per heavy atom. The van der Waals surface area contributed by atoms with E-state index in [-0.39, 0.29) is 18.3 Å². The zero-order valence-electron chi connectivity index (χ0n) is 11.3. The van der Waals surface area contributed by atoms with Gasteiger partial charge in [0, 0.05) is 19.5 Å². The molecule has 1 heterocycles. The van der Waals surface area contributed by atoms with Crippen molar-refractivity contribution >= 4 is 18.3 Å². The Labute approximate surface area is 115 Å². The van der Waals surface area contributed by atoms with Gasteiger partial charge in [-0.2, -0.15) is 0 Å². The number of carbonyl (C=O) groups excluding carboxylic acids is 1. The molecule has 0 aliphatic heterocycles. The summed E-state index contributed by atoms with van der Waals surface area (Å²) >= 11 is 0. The Kier molecular flexibility index (Phi) is 8.50. The summed E-state index contributed by atoms with van der Waals surface area (Å²) in [7, 11) is 0. The predicted molar refractivity (Wildman–Crippen MR) is 75.6 cm³/mol. The lowest BCUT2D eigenvalue weighted by molar-refractivity contribution is 0.0924. The zero-order chi connectivity index (χ0) is 12.7. The molecule has 18 heavy (non-hydrogen) atoms. The Hall–Kier alpha value is -1.00. The van der Waals surface area contributed by atoms with Gasteiger partial charge in [-0.3, -0.25) is 4.79 Å². The van der Waals surface area contributed by atoms with Crippen molar-refractivity contribution in [1.29, 1.82) is 0 Å². The number of furan rings is 1. The van der Waals surface area contributed by atoms with E-state index in [9.17, 15) is 4.79 Å². The van der Waals surface area contributed by atoms with Crippen molar-refractivity contribution in [1.82, 2.24) is 10.6 Å². The second-order valence-corrected chi connectivity index (χ2v) is 4.08. The normalized spacial score (nSPS) is 9.94. The number of hydrogen-bond acceptors (Lipinski definition) is 3. The van der Waals surface area contributed by atoms with Crippen molar-refractivity contribution in [3.8, 4) is 0 Å². The molecule has 0 radical (unpaired) electrons. The fourth-order valence-corrected chi connectivity index (χ4v) is 1.64. The van der Waals surface area contributed by atoms with Gasteiger partial charge in [0.1, 0.15) is 5.76 Å². The first-order valence-corrected chi connectivity index (χ1v) is 6.27. The molecule has 0 unspecified atom stereocenters. The van der Waals surface area contributed by atoms with E-state index < -0.39 is 0 Å². The Morgan fingerprint density at radius 3 is 2.56 bits per heavy atom. The van der Waals surface area contributed by atoms with E-state index >= 15 is 0 Å². The maximum Gasteiger partial charge on any atom is 0.287 e. The molecule has 0 aliphatic carbocycles. The van der Waals surface area contributed by atoms with Crippen LogP contribution in [0.15, 0.2) is 10.5 Å². The van der Waals surface area contributed by atoms with Crippen LogP contribution in [0.25, 0.3) is 0 Å². The number of rotatable bonds is 7. The van der Waals surface area contributed by atoms with Crippen molar-refractivity contribution in [3.63, 3.8) is 0 Å². The van der Waals surface area contributed by atoms with Gasteiger partial charge in [-0.15, -0.1) is 12.4 Å². The minimum atomic E-state index is -0.133. The van der Waals surface area contributed by atoms with Crippen LogP contribution in [0.1, 0.15) is 42.1 Å². The summed E-state index contributed by atoms with van der Waals surface area (Å²) in [6.07, 6.45) is 1.92. The van der Waals surface area contributed by atoms with E-state index in [1.165, 1.54) is 0 Å². The Bertz CT molecular complexity index is 364. The zero-order valence-corrected chi connectivity index (χ0v) is 12.2. The quantitative estimate of drug-likeness (QED) is 0.750. The molecule has 0 aliphatic rings. The molecule has 0 saturated heterocycles. The van der Waals surface area contributed by atoms with E-state index in [4.69, 9.17) is 4.42 Å². The Morgan fingerprint density at radius 2 is 2.00 bits per heavy atom. The van der Waals surface area contributed by atoms with Crippen molar-refractivity contribution < 1.29 is 9.21 Å². The average molecular weight is 275 g/mol. The highest BCUT2D eigenvalue weighted by atomic mass is 35.5. The third-order valence-corrected chi connectivity index (χ3v) is 2.58. The number of halogens is 1. The molecule has 1 rings (SSSR count). The van der Waals surface area contributed by atoms with Crippen molar-refractivity contribution in [2.45, 2.75) is 33.6 Å². The van der Waals surface area contributed by atoms with Crippen molar-refractivity contribution in [2.24, 2.45) is 0 Å². The SMILES string of the molecule is CCCNCCNC(=O)c1cc(C)c(CC)o1.Cl. The molecule has 0 aromatic carbocycles. The first-order valence-electron chi connectivity index (χ1n) is 6.27. The molecule has 0 atom stereocenters. The number of amides is 1. The topological polar surface area (TPSA) is 54.3 Å². The monoisotopic (exact) mass is 274 g/mol. The van der Waals surface area contributed by atoms with Crippen LogP contribution in [0.3, 0.4) is 0 Å². The van der Waals surface area contributed by atoms with Crippen LogP contribution < -0.4 is 10.6 Å². The molecule has 5 heteroatoms. The van der Waals surface area contributed by atoms with Gasteiger partial charge in [0.15, 0.2) is 5.76 Å². The molecular weight excluding hydrogens is 252 g/mol. The van der Waals surface area contributed by atoms with Gasteiger partial charge in [0.2, 0.25) is 0 Å². The van der Waals surface area contributed by atoms with Crippen LogP contribution in [-0.2, 0) is 6.42 Å². The van der Waals surface area contributed by atoms with Crippen molar-refractivity contribution in [2.75, 3.05) is 19.6 Å². The summed E-state index contributed by atoms with van der Waals surface area (Å²) in [5, 5.41) is 6.05. The summed E-state index contributed by atoms with van der Waals surface area (Å²) in [6.45, 7) is 8.49. The van der Waals surface area contributed by atoms with Crippen LogP contribution in [0.5, 0.6) is 0 Å². The van der Waals surface area contributed by atoms with Crippen LogP contribution in [0.2, 0.25) is 0 Å². The standard InChI is InChI=1S/C13H22N2O2.ClH/c1-4-6-14-7-8-15-13(16)12-9-10(3)11(5-2)17-12;/h9,14H,4-8H2,1-3H3,(H,15,16);1H. The smallest absolute Gasteiger partial charge is 0.287 e. The molecule has 104 valence electrons. The summed E-state index contributed by atoms with van der Waals surface area (Å²) in [4.78, 5) is 11.7. The number of carbonyl (C=O) groups is 1. The second kappa shape index (κ2) is 9.00. The first kappa shape index (κ1) is 17.0. The maximum atomic E-state index is 11.7. The highest BCUT2D eigenvalue weighted by Crippen LogP contribution is 2.14. The minimum absolute atomic E-state index is 0. The fraction of sp³-hybridized carbons (Fsp3) is 0.615. The van der Waals surface area contributed by atoms with E-state index in [0.29, 0.717) is 12.3 Å². The lowest BCUT2D eigenvalue weighted by Gasteiger charge is -2.04. The van der Waals surface area contributed by atoms with Crippen LogP contribution in [0, 0.1) is 6.92 Å². The lowest BCUT2D eigenvalue weighted by Crippen LogP contribution is -2.31. The van der Waals surface area contributed by atoms with Gasteiger partial charge < -0.3 is 15.1 Å². The van der Waals surface area contributed by atoms with Gasteiger partial charge in [0.05, 0.1) is 0 Å². The van der Waals surface area contributed by atoms with Gasteiger partial charge in [0.25, 0.3) is 5.91 Å². The van der Waals surface area contributed by atoms with E-state index in [1.54, 1.807) is 6.07 Å². The van der Waals surface area contributed by atoms with Gasteiger partial charge in [-0.05, 0) is 31.5 Å². The summed E-state index contributed by atoms with van der Waals surface area (Å²) in [5.41, 5.74) is 1.04. The maximum absolute atomic E-state index is 11.7. The third kappa shape index (κ3) is 5.10. The van der Waals surface area contributed by atoms with Crippen LogP contribution >= 0.6 is 12.4 Å². The summed E-state index contributed by atoms with van der Waals surface area (Å²) in [5.74, 6) is 1.17. The molecular formula is C13H23ClN2O2.